The topological polar surface area (TPSA) is 45.4 Å². The van der Waals surface area contributed by atoms with E-state index in [1.54, 1.807) is 0 Å². The van der Waals surface area contributed by atoms with Crippen molar-refractivity contribution < 1.29 is 13.6 Å². The van der Waals surface area contributed by atoms with Crippen molar-refractivity contribution in [3.8, 4) is 45.1 Å². The number of fused-ring (bicyclic) bond motifs is 12. The van der Waals surface area contributed by atoms with Crippen LogP contribution >= 0.6 is 0 Å². The lowest BCUT2D eigenvalue weighted by atomic mass is 10.0. The Labute approximate surface area is 425 Å². The minimum atomic E-state index is -1.45. The highest BCUT2D eigenvalue weighted by Crippen LogP contribution is 2.42. The summed E-state index contributed by atoms with van der Waals surface area (Å²) in [5.41, 5.74) is 14.9. The van der Waals surface area contributed by atoms with Gasteiger partial charge in [-0.25, -0.2) is 0 Å². The van der Waals surface area contributed by atoms with E-state index in [1.807, 2.05) is 24.3 Å². The Kier molecular flexibility index (Phi) is 9.56. The van der Waals surface area contributed by atoms with Gasteiger partial charge in [0.25, 0.3) is 0 Å². The van der Waals surface area contributed by atoms with Crippen molar-refractivity contribution in [3.05, 3.63) is 206 Å². The molecule has 0 saturated heterocycles. The van der Waals surface area contributed by atoms with E-state index in [0.717, 1.165) is 110 Å². The van der Waals surface area contributed by atoms with E-state index in [0.29, 0.717) is 0 Å². The zero-order valence-electron chi connectivity index (χ0n) is 41.7. The van der Waals surface area contributed by atoms with E-state index < -0.39 is 16.1 Å². The molecule has 4 aromatic heterocycles. The summed E-state index contributed by atoms with van der Waals surface area (Å²) in [6.07, 6.45) is 0. The van der Waals surface area contributed by atoms with Gasteiger partial charge in [0.2, 0.25) is 0 Å². The predicted octanol–water partition coefficient (Wildman–Crippen LogP) is 17.9. The van der Waals surface area contributed by atoms with Gasteiger partial charge in [0.05, 0.1) is 38.2 Å². The average molecular weight is 977 g/mol. The quantitative estimate of drug-likeness (QED) is 0.143. The van der Waals surface area contributed by atoms with E-state index in [1.165, 1.54) is 32.6 Å². The van der Waals surface area contributed by atoms with Crippen LogP contribution in [-0.4, -0.2) is 25.3 Å². The molecular formula is C66H52N2O3Si2. The number of ether oxygens (including phenoxy) is 1. The molecule has 0 amide bonds. The average Bonchev–Trinajstić information content (AvgIpc) is 4.15. The number of benzene rings is 10. The molecule has 0 atom stereocenters. The van der Waals surface area contributed by atoms with Crippen LogP contribution in [0.25, 0.3) is 121 Å². The maximum absolute atomic E-state index is 7.00. The van der Waals surface area contributed by atoms with Crippen molar-refractivity contribution in [1.82, 2.24) is 9.13 Å². The molecule has 0 aliphatic heterocycles. The fourth-order valence-corrected chi connectivity index (χ4v) is 13.5. The lowest BCUT2D eigenvalue weighted by Crippen LogP contribution is -2.37. The molecule has 73 heavy (non-hydrogen) atoms. The summed E-state index contributed by atoms with van der Waals surface area (Å²) >= 11 is 0. The molecule has 0 aliphatic rings. The Hall–Kier alpha value is -8.37. The molecule has 0 saturated carbocycles. The summed E-state index contributed by atoms with van der Waals surface area (Å²) in [6.45, 7) is 14.4. The fourth-order valence-electron chi connectivity index (χ4n) is 11.2. The molecule has 14 aromatic rings. The number of hydrogen-bond donors (Lipinski definition) is 0. The molecule has 352 valence electrons. The summed E-state index contributed by atoms with van der Waals surface area (Å²) in [4.78, 5) is 0. The highest BCUT2D eigenvalue weighted by atomic mass is 28.3. The van der Waals surface area contributed by atoms with Gasteiger partial charge in [-0.1, -0.05) is 147 Å². The van der Waals surface area contributed by atoms with Crippen LogP contribution in [0, 0.1) is 0 Å². The monoisotopic (exact) mass is 976 g/mol. The predicted molar refractivity (Wildman–Crippen MR) is 313 cm³/mol. The highest BCUT2D eigenvalue weighted by Gasteiger charge is 2.21. The number of nitrogens with zero attached hydrogens (tertiary/aromatic N) is 2. The van der Waals surface area contributed by atoms with Gasteiger partial charge in [-0.05, 0) is 131 Å². The SMILES string of the molecule is C[Si](C)(C)c1ccc(-c2ccc3c(c2)c2cc(Oc4ccc5c(c4)c4cc(-c6ccc([Si](C)(C)C)cc6)ccc4n5-c4ccc5oc6ccccc6c5c4)ccc2n3-c2ccc3oc4ccccc4c3c2)cc1. The summed E-state index contributed by atoms with van der Waals surface area (Å²) in [5, 5.41) is 11.9. The number of aromatic nitrogens is 2. The smallest absolute Gasteiger partial charge is 0.135 e. The van der Waals surface area contributed by atoms with Crippen molar-refractivity contribution in [2.24, 2.45) is 0 Å². The first kappa shape index (κ1) is 43.4. The van der Waals surface area contributed by atoms with E-state index in [4.69, 9.17) is 13.6 Å². The molecule has 0 aliphatic carbocycles. The second-order valence-corrected chi connectivity index (χ2v) is 32.0. The maximum atomic E-state index is 7.00. The molecule has 0 unspecified atom stereocenters. The minimum absolute atomic E-state index is 0.774. The van der Waals surface area contributed by atoms with Gasteiger partial charge in [0.1, 0.15) is 33.8 Å². The van der Waals surface area contributed by atoms with Crippen molar-refractivity contribution in [2.45, 2.75) is 39.3 Å². The molecule has 5 nitrogen and oxygen atoms in total. The second kappa shape index (κ2) is 16.1. The Morgan fingerprint density at radius 1 is 0.301 bits per heavy atom. The van der Waals surface area contributed by atoms with Crippen LogP contribution in [-0.2, 0) is 0 Å². The maximum Gasteiger partial charge on any atom is 0.135 e. The molecule has 0 bridgehead atoms. The first-order valence-corrected chi connectivity index (χ1v) is 32.3. The van der Waals surface area contributed by atoms with Crippen LogP contribution in [0.2, 0.25) is 39.3 Å². The van der Waals surface area contributed by atoms with E-state index in [9.17, 15) is 0 Å². The highest BCUT2D eigenvalue weighted by molar-refractivity contribution is 6.89. The fraction of sp³-hybridized carbons (Fsp3) is 0.0909. The number of furan rings is 2. The largest absolute Gasteiger partial charge is 0.457 e. The molecule has 0 N–H and O–H groups in total. The van der Waals surface area contributed by atoms with Crippen molar-refractivity contribution in [2.75, 3.05) is 0 Å². The van der Waals surface area contributed by atoms with Gasteiger partial charge in [-0.2, -0.15) is 0 Å². The van der Waals surface area contributed by atoms with Crippen molar-refractivity contribution in [3.63, 3.8) is 0 Å². The lowest BCUT2D eigenvalue weighted by Gasteiger charge is -2.16. The zero-order valence-corrected chi connectivity index (χ0v) is 43.7. The first-order valence-electron chi connectivity index (χ1n) is 25.3. The van der Waals surface area contributed by atoms with Crippen LogP contribution in [0.1, 0.15) is 0 Å². The first-order chi connectivity index (χ1) is 35.4. The third kappa shape index (κ3) is 7.17. The van der Waals surface area contributed by atoms with Crippen LogP contribution in [0.3, 0.4) is 0 Å². The Morgan fingerprint density at radius 3 is 1.07 bits per heavy atom. The number of rotatable bonds is 8. The minimum Gasteiger partial charge on any atom is -0.457 e. The Morgan fingerprint density at radius 2 is 0.658 bits per heavy atom. The summed E-state index contributed by atoms with van der Waals surface area (Å²) in [7, 11) is -2.90. The molecule has 7 heteroatoms. The molecule has 0 fully saturated rings. The molecule has 10 aromatic carbocycles. The van der Waals surface area contributed by atoms with Crippen LogP contribution in [0.15, 0.2) is 215 Å². The van der Waals surface area contributed by atoms with Crippen LogP contribution < -0.4 is 15.1 Å². The van der Waals surface area contributed by atoms with Gasteiger partial charge >= 0.3 is 0 Å². The van der Waals surface area contributed by atoms with E-state index in [-0.39, 0.29) is 0 Å². The summed E-state index contributed by atoms with van der Waals surface area (Å²) in [6, 6.07) is 75.0. The summed E-state index contributed by atoms with van der Waals surface area (Å²) in [5.74, 6) is 1.55. The number of hydrogen-bond acceptors (Lipinski definition) is 3. The van der Waals surface area contributed by atoms with E-state index in [2.05, 4.69) is 230 Å². The van der Waals surface area contributed by atoms with Gasteiger partial charge in [-0.3, -0.25) is 0 Å². The zero-order chi connectivity index (χ0) is 49.3. The number of para-hydroxylation sites is 2. The molecule has 14 rings (SSSR count). The second-order valence-electron chi connectivity index (χ2n) is 21.8. The molecule has 0 spiro atoms. The van der Waals surface area contributed by atoms with E-state index >= 15 is 0 Å². The molecule has 0 radical (unpaired) electrons. The van der Waals surface area contributed by atoms with Gasteiger partial charge in [-0.15, -0.1) is 0 Å². The third-order valence-corrected chi connectivity index (χ3v) is 19.2. The van der Waals surface area contributed by atoms with Gasteiger partial charge in [0, 0.05) is 54.5 Å². The lowest BCUT2D eigenvalue weighted by molar-refractivity contribution is 0.484. The molecule has 4 heterocycles. The van der Waals surface area contributed by atoms with Gasteiger partial charge < -0.3 is 22.7 Å². The summed E-state index contributed by atoms with van der Waals surface area (Å²) < 4.78 is 24.3. The van der Waals surface area contributed by atoms with Crippen LogP contribution in [0.5, 0.6) is 11.5 Å². The third-order valence-electron chi connectivity index (χ3n) is 15.1. The van der Waals surface area contributed by atoms with Crippen molar-refractivity contribution in [1.29, 1.82) is 0 Å². The standard InChI is InChI=1S/C66H52N2O3Si2/c1-72(2,3)49-25-15-41(16-26-49)43-19-29-59-53(35-43)55-39-47(23-31-61(55)67(59)45-21-33-65-57(37-45)51-11-7-9-13-63(51)70-65)69-48-24-32-62-56(40-48)54-36-44(42-17-27-50(28-18-42)73(4,5)6)20-30-60(54)68(62)46-22-34-66-58(38-46)52-12-8-10-14-64(52)71-66/h7-40H,1-6H3. The normalized spacial score (nSPS) is 12.5. The Bertz CT molecular complexity index is 4250. The van der Waals surface area contributed by atoms with Gasteiger partial charge in [0.15, 0.2) is 0 Å². The van der Waals surface area contributed by atoms with Crippen molar-refractivity contribution >= 4 is 114 Å². The van der Waals surface area contributed by atoms with Crippen LogP contribution in [0.4, 0.5) is 0 Å². The molecular weight excluding hydrogens is 925 g/mol. The Balaban J connectivity index is 0.918.